The van der Waals surface area contributed by atoms with Gasteiger partial charge in [-0.05, 0) is 42.1 Å². The van der Waals surface area contributed by atoms with E-state index in [9.17, 15) is 4.79 Å². The molecular formula is C32H44OSi. The zero-order valence-electron chi connectivity index (χ0n) is 21.7. The van der Waals surface area contributed by atoms with Crippen LogP contribution in [0.3, 0.4) is 0 Å². The van der Waals surface area contributed by atoms with E-state index in [4.69, 9.17) is 0 Å². The van der Waals surface area contributed by atoms with Gasteiger partial charge in [0.05, 0.1) is 0 Å². The van der Waals surface area contributed by atoms with Gasteiger partial charge in [0.25, 0.3) is 0 Å². The summed E-state index contributed by atoms with van der Waals surface area (Å²) in [6.07, 6.45) is 10.3. The topological polar surface area (TPSA) is 17.1 Å². The molecule has 2 atom stereocenters. The number of carbonyl (C=O) groups is 1. The van der Waals surface area contributed by atoms with Crippen LogP contribution in [-0.2, 0) is 10.2 Å². The molecule has 2 aromatic carbocycles. The Labute approximate surface area is 209 Å². The minimum Gasteiger partial charge on any atom is -0.297 e. The largest absolute Gasteiger partial charge is 0.297 e. The Hall–Kier alpha value is -2.11. The molecule has 0 aliphatic heterocycles. The highest BCUT2D eigenvalue weighted by molar-refractivity contribution is 6.87. The predicted octanol–water partition coefficient (Wildman–Crippen LogP) is 8.85. The number of benzene rings is 2. The van der Waals surface area contributed by atoms with Crippen molar-refractivity contribution in [2.45, 2.75) is 108 Å². The fourth-order valence-corrected chi connectivity index (χ4v) is 10.4. The molecule has 0 unspecified atom stereocenters. The molecule has 182 valence electrons. The van der Waals surface area contributed by atoms with E-state index in [1.807, 2.05) is 6.07 Å². The molecule has 2 aromatic rings. The van der Waals surface area contributed by atoms with Crippen molar-refractivity contribution in [2.75, 3.05) is 0 Å². The molecule has 0 aromatic heterocycles. The van der Waals surface area contributed by atoms with E-state index < -0.39 is 13.5 Å². The second kappa shape index (κ2) is 13.1. The van der Waals surface area contributed by atoms with Crippen molar-refractivity contribution in [3.8, 4) is 11.5 Å². The third-order valence-corrected chi connectivity index (χ3v) is 12.4. The summed E-state index contributed by atoms with van der Waals surface area (Å²) in [6, 6.07) is 24.8. The van der Waals surface area contributed by atoms with E-state index in [2.05, 4.69) is 86.8 Å². The number of hydrogen-bond acceptors (Lipinski definition) is 1. The van der Waals surface area contributed by atoms with Crippen LogP contribution >= 0.6 is 0 Å². The predicted molar refractivity (Wildman–Crippen MR) is 149 cm³/mol. The second-order valence-corrected chi connectivity index (χ2v) is 14.6. The smallest absolute Gasteiger partial charge is 0.162 e. The van der Waals surface area contributed by atoms with Crippen LogP contribution in [0.15, 0.2) is 60.7 Å². The van der Waals surface area contributed by atoms with Gasteiger partial charge in [0.2, 0.25) is 0 Å². The van der Waals surface area contributed by atoms with Crippen molar-refractivity contribution in [1.82, 2.24) is 0 Å². The van der Waals surface area contributed by atoms with E-state index in [-0.39, 0.29) is 5.92 Å². The van der Waals surface area contributed by atoms with Gasteiger partial charge >= 0.3 is 0 Å². The molecule has 1 saturated carbocycles. The SMILES string of the molecule is CCCC[Si](C#C[C@@]1(c2ccccc2)CCC[C@@H](c2ccccc2)C1=O)(CCCC)CCCC. The van der Waals surface area contributed by atoms with Gasteiger partial charge in [-0.15, -0.1) is 5.54 Å². The van der Waals surface area contributed by atoms with Gasteiger partial charge < -0.3 is 0 Å². The molecule has 1 aliphatic carbocycles. The fraction of sp³-hybridized carbons (Fsp3) is 0.531. The highest BCUT2D eigenvalue weighted by Crippen LogP contribution is 2.43. The first-order chi connectivity index (χ1) is 16.6. The van der Waals surface area contributed by atoms with Crippen LogP contribution in [0, 0.1) is 11.5 Å². The Balaban J connectivity index is 2.09. The average molecular weight is 473 g/mol. The maximum absolute atomic E-state index is 14.3. The normalized spacial score (nSPS) is 20.6. The summed E-state index contributed by atoms with van der Waals surface area (Å²) in [5.41, 5.74) is 5.62. The quantitative estimate of drug-likeness (QED) is 0.236. The van der Waals surface area contributed by atoms with Crippen LogP contribution in [0.5, 0.6) is 0 Å². The summed E-state index contributed by atoms with van der Waals surface area (Å²) >= 11 is 0. The van der Waals surface area contributed by atoms with Crippen LogP contribution in [0.1, 0.15) is 95.6 Å². The van der Waals surface area contributed by atoms with Gasteiger partial charge in [0, 0.05) is 5.92 Å². The van der Waals surface area contributed by atoms with Crippen molar-refractivity contribution >= 4 is 13.9 Å². The first kappa shape index (κ1) is 26.5. The van der Waals surface area contributed by atoms with Gasteiger partial charge in [-0.2, -0.15) is 0 Å². The van der Waals surface area contributed by atoms with Gasteiger partial charge in [0.15, 0.2) is 5.78 Å². The highest BCUT2D eigenvalue weighted by atomic mass is 28.3. The molecule has 34 heavy (non-hydrogen) atoms. The summed E-state index contributed by atoms with van der Waals surface area (Å²) in [5.74, 6) is 4.10. The second-order valence-electron chi connectivity index (χ2n) is 10.3. The molecule has 1 nitrogen and oxygen atoms in total. The van der Waals surface area contributed by atoms with Crippen molar-refractivity contribution in [3.05, 3.63) is 71.8 Å². The van der Waals surface area contributed by atoms with E-state index >= 15 is 0 Å². The molecule has 0 bridgehead atoms. The summed E-state index contributed by atoms with van der Waals surface area (Å²) in [7, 11) is -1.77. The van der Waals surface area contributed by atoms with Crippen LogP contribution in [0.4, 0.5) is 0 Å². The van der Waals surface area contributed by atoms with Crippen molar-refractivity contribution in [3.63, 3.8) is 0 Å². The van der Waals surface area contributed by atoms with Crippen LogP contribution in [-0.4, -0.2) is 13.9 Å². The van der Waals surface area contributed by atoms with Crippen molar-refractivity contribution in [2.24, 2.45) is 0 Å². The lowest BCUT2D eigenvalue weighted by molar-refractivity contribution is -0.126. The summed E-state index contributed by atoms with van der Waals surface area (Å²) in [5, 5.41) is 0. The van der Waals surface area contributed by atoms with Crippen LogP contribution in [0.25, 0.3) is 0 Å². The van der Waals surface area contributed by atoms with E-state index in [0.29, 0.717) is 5.78 Å². The molecule has 0 spiro atoms. The summed E-state index contributed by atoms with van der Waals surface area (Å²) < 4.78 is 0. The Bertz CT molecular complexity index is 917. The first-order valence-electron chi connectivity index (χ1n) is 13.8. The molecule has 0 N–H and O–H groups in total. The van der Waals surface area contributed by atoms with Gasteiger partial charge in [-0.1, -0.05) is 132 Å². The maximum atomic E-state index is 14.3. The standard InChI is InChI=1S/C32H44OSi/c1-4-7-24-34(25-8-5-2,26-9-6-3)27-23-32(29-19-14-11-15-20-29)22-16-21-30(31(32)33)28-17-12-10-13-18-28/h10-15,17-20,30H,4-9,16,21-22,24-26H2,1-3H3/t30-,32+/m0/s1. The Morgan fingerprint density at radius 1 is 0.824 bits per heavy atom. The Morgan fingerprint density at radius 3 is 1.88 bits per heavy atom. The van der Waals surface area contributed by atoms with Gasteiger partial charge in [0.1, 0.15) is 13.5 Å². The molecule has 3 rings (SSSR count). The van der Waals surface area contributed by atoms with E-state index in [1.54, 1.807) is 0 Å². The molecule has 0 heterocycles. The Kier molecular flexibility index (Phi) is 10.2. The average Bonchev–Trinajstić information content (AvgIpc) is 2.89. The lowest BCUT2D eigenvalue weighted by atomic mass is 9.64. The first-order valence-corrected chi connectivity index (χ1v) is 16.4. The third kappa shape index (κ3) is 6.31. The van der Waals surface area contributed by atoms with Gasteiger partial charge in [-0.25, -0.2) is 0 Å². The molecular weight excluding hydrogens is 428 g/mol. The third-order valence-electron chi connectivity index (χ3n) is 7.82. The molecule has 0 amide bonds. The molecule has 0 radical (unpaired) electrons. The minimum absolute atomic E-state index is 0.0533. The number of hydrogen-bond donors (Lipinski definition) is 0. The highest BCUT2D eigenvalue weighted by Gasteiger charge is 2.46. The molecule has 1 aliphatic rings. The minimum atomic E-state index is -1.77. The lowest BCUT2D eigenvalue weighted by Crippen LogP contribution is -2.43. The lowest BCUT2D eigenvalue weighted by Gasteiger charge is -2.37. The number of Topliss-reactive ketones (excluding diaryl/α,β-unsaturated/α-hetero) is 1. The monoisotopic (exact) mass is 472 g/mol. The number of carbonyl (C=O) groups excluding carboxylic acids is 1. The fourth-order valence-electron chi connectivity index (χ4n) is 5.68. The maximum Gasteiger partial charge on any atom is 0.162 e. The van der Waals surface area contributed by atoms with Crippen molar-refractivity contribution < 1.29 is 4.79 Å². The Morgan fingerprint density at radius 2 is 1.35 bits per heavy atom. The van der Waals surface area contributed by atoms with E-state index in [0.717, 1.165) is 30.4 Å². The van der Waals surface area contributed by atoms with Gasteiger partial charge in [-0.3, -0.25) is 4.79 Å². The van der Waals surface area contributed by atoms with Crippen molar-refractivity contribution in [1.29, 1.82) is 0 Å². The molecule has 1 fully saturated rings. The number of unbranched alkanes of at least 4 members (excludes halogenated alkanes) is 3. The van der Waals surface area contributed by atoms with Crippen LogP contribution < -0.4 is 0 Å². The molecule has 0 saturated heterocycles. The summed E-state index contributed by atoms with van der Waals surface area (Å²) in [6.45, 7) is 6.90. The van der Waals surface area contributed by atoms with Crippen LogP contribution in [0.2, 0.25) is 18.1 Å². The zero-order chi connectivity index (χ0) is 24.3. The number of rotatable bonds is 11. The summed E-state index contributed by atoms with van der Waals surface area (Å²) in [4.78, 5) is 14.3. The number of ketones is 1. The zero-order valence-corrected chi connectivity index (χ0v) is 22.7. The molecule has 2 heteroatoms. The van der Waals surface area contributed by atoms with E-state index in [1.165, 1.54) is 56.7 Å².